The van der Waals surface area contributed by atoms with Crippen LogP contribution in [0.5, 0.6) is 0 Å². The van der Waals surface area contributed by atoms with E-state index in [1.807, 2.05) is 18.2 Å². The van der Waals surface area contributed by atoms with Gasteiger partial charge in [-0.3, -0.25) is 0 Å². The number of rotatable bonds is 4. The lowest BCUT2D eigenvalue weighted by atomic mass is 9.90. The van der Waals surface area contributed by atoms with Crippen LogP contribution in [0.25, 0.3) is 0 Å². The van der Waals surface area contributed by atoms with E-state index >= 15 is 0 Å². The zero-order chi connectivity index (χ0) is 13.0. The van der Waals surface area contributed by atoms with Crippen LogP contribution >= 0.6 is 15.9 Å². The predicted molar refractivity (Wildman–Crippen MR) is 80.4 cm³/mol. The van der Waals surface area contributed by atoms with Crippen molar-refractivity contribution in [3.05, 3.63) is 70.2 Å². The number of nitrogens with two attached hydrogens (primary N) is 1. The van der Waals surface area contributed by atoms with Gasteiger partial charge in [-0.25, -0.2) is 0 Å². The fourth-order valence-electron chi connectivity index (χ4n) is 2.12. The molecule has 2 rings (SSSR count). The maximum absolute atomic E-state index is 6.31. The van der Waals surface area contributed by atoms with Crippen molar-refractivity contribution in [2.24, 2.45) is 11.7 Å². The van der Waals surface area contributed by atoms with Gasteiger partial charge in [-0.05, 0) is 35.6 Å². The fraction of sp³-hybridized carbons (Fsp3) is 0.250. The molecule has 0 spiro atoms. The number of hydrogen-bond donors (Lipinski definition) is 1. The van der Waals surface area contributed by atoms with Crippen molar-refractivity contribution in [2.45, 2.75) is 19.4 Å². The van der Waals surface area contributed by atoms with Crippen LogP contribution in [0.1, 0.15) is 24.1 Å². The van der Waals surface area contributed by atoms with Crippen molar-refractivity contribution < 1.29 is 0 Å². The van der Waals surface area contributed by atoms with E-state index < -0.39 is 0 Å². The zero-order valence-corrected chi connectivity index (χ0v) is 12.1. The Bertz CT molecular complexity index is 478. The lowest BCUT2D eigenvalue weighted by Gasteiger charge is -2.20. The summed E-state index contributed by atoms with van der Waals surface area (Å²) in [6.45, 7) is 2.21. The highest BCUT2D eigenvalue weighted by atomic mass is 79.9. The second-order valence-corrected chi connectivity index (χ2v) is 5.66. The third-order valence-electron chi connectivity index (χ3n) is 3.27. The van der Waals surface area contributed by atoms with E-state index in [2.05, 4.69) is 59.3 Å². The van der Waals surface area contributed by atoms with Gasteiger partial charge in [0.2, 0.25) is 0 Å². The summed E-state index contributed by atoms with van der Waals surface area (Å²) in [5.41, 5.74) is 8.85. The summed E-state index contributed by atoms with van der Waals surface area (Å²) < 4.78 is 1.12. The number of hydrogen-bond acceptors (Lipinski definition) is 1. The molecule has 0 heterocycles. The first-order valence-electron chi connectivity index (χ1n) is 6.22. The quantitative estimate of drug-likeness (QED) is 0.894. The Labute approximate surface area is 117 Å². The highest BCUT2D eigenvalue weighted by Gasteiger charge is 2.14. The molecule has 0 aromatic heterocycles. The Hall–Kier alpha value is -1.12. The minimum atomic E-state index is 0.0925. The number of benzene rings is 2. The van der Waals surface area contributed by atoms with Crippen molar-refractivity contribution in [1.82, 2.24) is 0 Å². The molecule has 2 atom stereocenters. The maximum atomic E-state index is 6.31. The Morgan fingerprint density at radius 3 is 2.22 bits per heavy atom. The highest BCUT2D eigenvalue weighted by Crippen LogP contribution is 2.23. The van der Waals surface area contributed by atoms with Crippen molar-refractivity contribution in [3.63, 3.8) is 0 Å². The summed E-state index contributed by atoms with van der Waals surface area (Å²) in [4.78, 5) is 0. The first kappa shape index (κ1) is 13.3. The van der Waals surface area contributed by atoms with Crippen LogP contribution in [0.4, 0.5) is 0 Å². The second kappa shape index (κ2) is 6.17. The molecule has 2 unspecified atom stereocenters. The van der Waals surface area contributed by atoms with E-state index in [1.165, 1.54) is 11.1 Å². The predicted octanol–water partition coefficient (Wildman–Crippen LogP) is 4.33. The second-order valence-electron chi connectivity index (χ2n) is 4.74. The van der Waals surface area contributed by atoms with Crippen LogP contribution in [0, 0.1) is 5.92 Å². The minimum Gasteiger partial charge on any atom is -0.324 e. The van der Waals surface area contributed by atoms with Crippen molar-refractivity contribution >= 4 is 15.9 Å². The van der Waals surface area contributed by atoms with Crippen molar-refractivity contribution in [2.75, 3.05) is 0 Å². The Morgan fingerprint density at radius 1 is 1.00 bits per heavy atom. The van der Waals surface area contributed by atoms with Crippen LogP contribution in [0.3, 0.4) is 0 Å². The van der Waals surface area contributed by atoms with Crippen LogP contribution < -0.4 is 5.73 Å². The molecule has 94 valence electrons. The highest BCUT2D eigenvalue weighted by molar-refractivity contribution is 9.10. The first-order chi connectivity index (χ1) is 8.66. The summed E-state index contributed by atoms with van der Waals surface area (Å²) >= 11 is 3.45. The first-order valence-corrected chi connectivity index (χ1v) is 7.01. The van der Waals surface area contributed by atoms with Gasteiger partial charge >= 0.3 is 0 Å². The van der Waals surface area contributed by atoms with E-state index in [4.69, 9.17) is 5.73 Å². The largest absolute Gasteiger partial charge is 0.324 e. The molecule has 2 heteroatoms. The molecule has 2 aromatic rings. The summed E-state index contributed by atoms with van der Waals surface area (Å²) in [6.07, 6.45) is 1.00. The third kappa shape index (κ3) is 3.44. The Balaban J connectivity index is 2.03. The minimum absolute atomic E-state index is 0.0925. The normalized spacial score (nSPS) is 14.2. The Kier molecular flexibility index (Phi) is 4.56. The molecule has 0 aliphatic rings. The molecule has 2 N–H and O–H groups in total. The molecule has 0 saturated carbocycles. The summed E-state index contributed by atoms with van der Waals surface area (Å²) in [5, 5.41) is 0. The molecule has 0 bridgehead atoms. The van der Waals surface area contributed by atoms with E-state index in [1.54, 1.807) is 0 Å². The topological polar surface area (TPSA) is 26.0 Å². The van der Waals surface area contributed by atoms with Crippen LogP contribution in [0.15, 0.2) is 59.1 Å². The van der Waals surface area contributed by atoms with Crippen molar-refractivity contribution in [3.8, 4) is 0 Å². The summed E-state index contributed by atoms with van der Waals surface area (Å²) in [7, 11) is 0. The van der Waals surface area contributed by atoms with Gasteiger partial charge in [0.15, 0.2) is 0 Å². The van der Waals surface area contributed by atoms with Crippen LogP contribution in [-0.2, 0) is 6.42 Å². The molecule has 2 aromatic carbocycles. The molecule has 1 nitrogen and oxygen atoms in total. The molecule has 0 saturated heterocycles. The van der Waals surface area contributed by atoms with Gasteiger partial charge in [0.1, 0.15) is 0 Å². The van der Waals surface area contributed by atoms with Gasteiger partial charge < -0.3 is 5.73 Å². The van der Waals surface area contributed by atoms with E-state index in [0.29, 0.717) is 5.92 Å². The summed E-state index contributed by atoms with van der Waals surface area (Å²) in [6, 6.07) is 18.9. The van der Waals surface area contributed by atoms with Crippen LogP contribution in [-0.4, -0.2) is 0 Å². The molecule has 18 heavy (non-hydrogen) atoms. The van der Waals surface area contributed by atoms with Gasteiger partial charge in [-0.1, -0.05) is 65.3 Å². The third-order valence-corrected chi connectivity index (χ3v) is 3.80. The monoisotopic (exact) mass is 303 g/mol. The van der Waals surface area contributed by atoms with E-state index in [-0.39, 0.29) is 6.04 Å². The zero-order valence-electron chi connectivity index (χ0n) is 10.5. The summed E-state index contributed by atoms with van der Waals surface area (Å²) in [5.74, 6) is 0.425. The molecule has 0 aliphatic carbocycles. The fourth-order valence-corrected chi connectivity index (χ4v) is 2.39. The molecular weight excluding hydrogens is 286 g/mol. The average molecular weight is 304 g/mol. The molecule has 0 aliphatic heterocycles. The van der Waals surface area contributed by atoms with Crippen LogP contribution in [0.2, 0.25) is 0 Å². The molecular formula is C16H18BrN. The SMILES string of the molecule is CC(Cc1ccc(Br)cc1)C(N)c1ccccc1. The van der Waals surface area contributed by atoms with Gasteiger partial charge in [0.25, 0.3) is 0 Å². The molecule has 0 radical (unpaired) electrons. The van der Waals surface area contributed by atoms with E-state index in [0.717, 1.165) is 10.9 Å². The standard InChI is InChI=1S/C16H18BrN/c1-12(11-13-7-9-15(17)10-8-13)16(18)14-5-3-2-4-6-14/h2-10,12,16H,11,18H2,1H3. The smallest absolute Gasteiger partial charge is 0.0324 e. The maximum Gasteiger partial charge on any atom is 0.0324 e. The van der Waals surface area contributed by atoms with E-state index in [9.17, 15) is 0 Å². The average Bonchev–Trinajstić information content (AvgIpc) is 2.41. The van der Waals surface area contributed by atoms with Gasteiger partial charge in [-0.15, -0.1) is 0 Å². The van der Waals surface area contributed by atoms with Gasteiger partial charge in [-0.2, -0.15) is 0 Å². The molecule has 0 fully saturated rings. The lowest BCUT2D eigenvalue weighted by Crippen LogP contribution is -2.20. The Morgan fingerprint density at radius 2 is 1.61 bits per heavy atom. The number of halogens is 1. The van der Waals surface area contributed by atoms with Gasteiger partial charge in [0, 0.05) is 10.5 Å². The van der Waals surface area contributed by atoms with Gasteiger partial charge in [0.05, 0.1) is 0 Å². The molecule has 0 amide bonds. The lowest BCUT2D eigenvalue weighted by molar-refractivity contribution is 0.468. The van der Waals surface area contributed by atoms with Crippen molar-refractivity contribution in [1.29, 1.82) is 0 Å².